The summed E-state index contributed by atoms with van der Waals surface area (Å²) in [6, 6.07) is 9.85. The summed E-state index contributed by atoms with van der Waals surface area (Å²) in [5.41, 5.74) is 1.51. The molecule has 1 aliphatic rings. The van der Waals surface area contributed by atoms with Crippen molar-refractivity contribution in [1.82, 2.24) is 9.88 Å². The molecule has 1 aliphatic heterocycles. The van der Waals surface area contributed by atoms with Crippen molar-refractivity contribution >= 4 is 45.3 Å². The fourth-order valence-corrected chi connectivity index (χ4v) is 4.30. The fourth-order valence-electron chi connectivity index (χ4n) is 4.13. The second kappa shape index (κ2) is 9.60. The van der Waals surface area contributed by atoms with E-state index in [1.807, 2.05) is 6.92 Å². The number of nitrogens with one attached hydrogen (secondary N) is 1. The van der Waals surface area contributed by atoms with Crippen LogP contribution in [-0.2, 0) is 4.79 Å². The first-order valence-electron chi connectivity index (χ1n) is 10.5. The maximum Gasteiger partial charge on any atom is 0.278 e. The Hall–Kier alpha value is -3.43. The van der Waals surface area contributed by atoms with Crippen LogP contribution in [0.25, 0.3) is 10.8 Å². The Labute approximate surface area is 196 Å². The number of ether oxygens (including phenoxy) is 1. The predicted molar refractivity (Wildman–Crippen MR) is 128 cm³/mol. The molecular formula is C23H24ClN5O4. The topological polar surface area (TPSA) is 101 Å². The second-order valence-electron chi connectivity index (χ2n) is 7.82. The van der Waals surface area contributed by atoms with Gasteiger partial charge < -0.3 is 15.0 Å². The number of fused-ring (bicyclic) bond motifs is 1. The summed E-state index contributed by atoms with van der Waals surface area (Å²) in [5.74, 6) is 0.403. The molecule has 2 heterocycles. The molecule has 172 valence electrons. The zero-order valence-electron chi connectivity index (χ0n) is 18.3. The molecule has 10 heteroatoms. The van der Waals surface area contributed by atoms with Crippen LogP contribution in [0, 0.1) is 10.1 Å². The van der Waals surface area contributed by atoms with Gasteiger partial charge in [0.05, 0.1) is 29.1 Å². The highest BCUT2D eigenvalue weighted by molar-refractivity contribution is 6.31. The number of nitrogens with zero attached hydrogens (tertiary/aromatic N) is 4. The summed E-state index contributed by atoms with van der Waals surface area (Å²) < 4.78 is 5.31. The number of nitro benzene ring substituents is 1. The van der Waals surface area contributed by atoms with Crippen LogP contribution in [0.2, 0.25) is 5.02 Å². The molecular weight excluding hydrogens is 446 g/mol. The van der Waals surface area contributed by atoms with E-state index in [2.05, 4.69) is 20.1 Å². The van der Waals surface area contributed by atoms with Gasteiger partial charge in [-0.2, -0.15) is 0 Å². The van der Waals surface area contributed by atoms with E-state index in [-0.39, 0.29) is 22.6 Å². The van der Waals surface area contributed by atoms with Gasteiger partial charge in [-0.25, -0.2) is 0 Å². The van der Waals surface area contributed by atoms with Crippen molar-refractivity contribution in [1.29, 1.82) is 0 Å². The van der Waals surface area contributed by atoms with Gasteiger partial charge >= 0.3 is 0 Å². The Morgan fingerprint density at radius 2 is 1.94 bits per heavy atom. The van der Waals surface area contributed by atoms with E-state index in [1.165, 1.54) is 12.3 Å². The van der Waals surface area contributed by atoms with E-state index in [9.17, 15) is 14.9 Å². The largest absolute Gasteiger partial charge is 0.495 e. The average Bonchev–Trinajstić information content (AvgIpc) is 2.83. The van der Waals surface area contributed by atoms with E-state index >= 15 is 0 Å². The smallest absolute Gasteiger partial charge is 0.278 e. The zero-order chi connectivity index (χ0) is 23.5. The number of benzene rings is 2. The molecule has 9 nitrogen and oxygen atoms in total. The number of carbonyl (C=O) groups excluding carboxylic acids is 1. The number of amides is 1. The average molecular weight is 470 g/mol. The van der Waals surface area contributed by atoms with Gasteiger partial charge in [-0.1, -0.05) is 11.6 Å². The maximum atomic E-state index is 12.9. The van der Waals surface area contributed by atoms with Crippen LogP contribution in [0.4, 0.5) is 17.1 Å². The molecule has 3 aromatic rings. The quantitative estimate of drug-likeness (QED) is 0.430. The highest BCUT2D eigenvalue weighted by Crippen LogP contribution is 2.33. The van der Waals surface area contributed by atoms with E-state index in [4.69, 9.17) is 16.3 Å². The Morgan fingerprint density at radius 3 is 2.64 bits per heavy atom. The summed E-state index contributed by atoms with van der Waals surface area (Å²) in [5, 5.41) is 16.1. The number of pyridine rings is 1. The van der Waals surface area contributed by atoms with Crippen LogP contribution in [0.1, 0.15) is 6.92 Å². The van der Waals surface area contributed by atoms with Crippen LogP contribution >= 0.6 is 11.6 Å². The molecule has 4 rings (SSSR count). The lowest BCUT2D eigenvalue weighted by molar-refractivity contribution is -0.383. The highest BCUT2D eigenvalue weighted by atomic mass is 35.5. The molecule has 2 aromatic carbocycles. The number of hydrogen-bond donors (Lipinski definition) is 1. The van der Waals surface area contributed by atoms with Crippen molar-refractivity contribution in [3.63, 3.8) is 0 Å². The first-order valence-corrected chi connectivity index (χ1v) is 10.9. The van der Waals surface area contributed by atoms with Crippen LogP contribution in [0.3, 0.4) is 0 Å². The summed E-state index contributed by atoms with van der Waals surface area (Å²) in [6.07, 6.45) is 3.17. The minimum atomic E-state index is -0.388. The van der Waals surface area contributed by atoms with Crippen molar-refractivity contribution in [3.8, 4) is 5.75 Å². The number of piperazine rings is 1. The standard InChI is InChI=1S/C23H24ClN5O4/c1-15(23(30)26-19-13-16(24)3-6-22(19)33-2)27-9-11-28(12-10-27)20-4-5-21(29(31)32)18-14-25-8-7-17(18)20/h3-8,13-15H,9-12H2,1-2H3,(H,26,30)/t15-/m1/s1. The third-order valence-electron chi connectivity index (χ3n) is 5.97. The van der Waals surface area contributed by atoms with Gasteiger partial charge in [-0.05, 0) is 37.3 Å². The molecule has 1 aromatic heterocycles. The molecule has 0 unspecified atom stereocenters. The van der Waals surface area contributed by atoms with E-state index < -0.39 is 0 Å². The Balaban J connectivity index is 1.45. The summed E-state index contributed by atoms with van der Waals surface area (Å²) in [7, 11) is 1.54. The van der Waals surface area contributed by atoms with Gasteiger partial charge in [-0.3, -0.25) is 24.8 Å². The molecule has 1 fully saturated rings. The fraction of sp³-hybridized carbons (Fsp3) is 0.304. The third-order valence-corrected chi connectivity index (χ3v) is 6.21. The van der Waals surface area contributed by atoms with Gasteiger partial charge in [0.2, 0.25) is 5.91 Å². The van der Waals surface area contributed by atoms with Crippen LogP contribution < -0.4 is 15.0 Å². The van der Waals surface area contributed by atoms with Crippen LogP contribution in [0.5, 0.6) is 5.75 Å². The maximum absolute atomic E-state index is 12.9. The normalized spacial score (nSPS) is 15.3. The SMILES string of the molecule is COc1ccc(Cl)cc1NC(=O)[C@@H](C)N1CCN(c2ccc([N+](=O)[O-])c3cnccc23)CC1. The molecule has 1 saturated heterocycles. The Bertz CT molecular complexity index is 1200. The van der Waals surface area contributed by atoms with Gasteiger partial charge in [0.1, 0.15) is 5.75 Å². The molecule has 0 saturated carbocycles. The lowest BCUT2D eigenvalue weighted by atomic mass is 10.1. The van der Waals surface area contributed by atoms with Crippen molar-refractivity contribution < 1.29 is 14.5 Å². The number of halogens is 1. The minimum Gasteiger partial charge on any atom is -0.495 e. The van der Waals surface area contributed by atoms with Crippen molar-refractivity contribution in [2.75, 3.05) is 43.5 Å². The molecule has 1 N–H and O–H groups in total. The van der Waals surface area contributed by atoms with Crippen molar-refractivity contribution in [3.05, 3.63) is 63.9 Å². The van der Waals surface area contributed by atoms with Crippen LogP contribution in [-0.4, -0.2) is 60.0 Å². The molecule has 0 bridgehead atoms. The number of rotatable bonds is 6. The van der Waals surface area contributed by atoms with Gasteiger partial charge in [0.15, 0.2) is 0 Å². The predicted octanol–water partition coefficient (Wildman–Crippen LogP) is 3.95. The summed E-state index contributed by atoms with van der Waals surface area (Å²) in [4.78, 5) is 32.2. The van der Waals surface area contributed by atoms with Crippen LogP contribution in [0.15, 0.2) is 48.8 Å². The van der Waals surface area contributed by atoms with Crippen molar-refractivity contribution in [2.24, 2.45) is 0 Å². The number of nitro groups is 1. The van der Waals surface area contributed by atoms with E-state index in [0.717, 1.165) is 11.1 Å². The molecule has 0 spiro atoms. The van der Waals surface area contributed by atoms with Gasteiger partial charge in [-0.15, -0.1) is 0 Å². The molecule has 1 amide bonds. The minimum absolute atomic E-state index is 0.0437. The molecule has 0 aliphatic carbocycles. The third kappa shape index (κ3) is 4.69. The lowest BCUT2D eigenvalue weighted by Gasteiger charge is -2.39. The molecule has 33 heavy (non-hydrogen) atoms. The zero-order valence-corrected chi connectivity index (χ0v) is 19.1. The molecule has 0 radical (unpaired) electrons. The summed E-state index contributed by atoms with van der Waals surface area (Å²) in [6.45, 7) is 4.59. The Kier molecular flexibility index (Phi) is 6.62. The number of aromatic nitrogens is 1. The number of non-ortho nitro benzene ring substituents is 1. The van der Waals surface area contributed by atoms with Gasteiger partial charge in [0, 0.05) is 60.7 Å². The Morgan fingerprint density at radius 1 is 1.18 bits per heavy atom. The lowest BCUT2D eigenvalue weighted by Crippen LogP contribution is -2.52. The number of anilines is 2. The first kappa shape index (κ1) is 22.8. The van der Waals surface area contributed by atoms with E-state index in [1.54, 1.807) is 43.6 Å². The molecule has 1 atom stereocenters. The first-order chi connectivity index (χ1) is 15.9. The number of hydrogen-bond acceptors (Lipinski definition) is 7. The number of carbonyl (C=O) groups is 1. The highest BCUT2D eigenvalue weighted by Gasteiger charge is 2.27. The van der Waals surface area contributed by atoms with Crippen molar-refractivity contribution in [2.45, 2.75) is 13.0 Å². The van der Waals surface area contributed by atoms with E-state index in [0.29, 0.717) is 48.0 Å². The summed E-state index contributed by atoms with van der Waals surface area (Å²) >= 11 is 6.06. The van der Waals surface area contributed by atoms with Gasteiger partial charge in [0.25, 0.3) is 5.69 Å². The monoisotopic (exact) mass is 469 g/mol. The number of methoxy groups -OCH3 is 1. The second-order valence-corrected chi connectivity index (χ2v) is 8.25.